The van der Waals surface area contributed by atoms with E-state index in [1.807, 2.05) is 20.8 Å². The highest BCUT2D eigenvalue weighted by molar-refractivity contribution is 5.50. The number of halogens is 2. The van der Waals surface area contributed by atoms with Crippen molar-refractivity contribution in [2.45, 2.75) is 39.3 Å². The first-order valence-corrected chi connectivity index (χ1v) is 7.21. The Morgan fingerprint density at radius 2 is 1.96 bits per heavy atom. The van der Waals surface area contributed by atoms with Crippen molar-refractivity contribution in [2.75, 3.05) is 6.61 Å². The summed E-state index contributed by atoms with van der Waals surface area (Å²) < 4.78 is 34.8. The van der Waals surface area contributed by atoms with Crippen LogP contribution in [0.25, 0.3) is 5.69 Å². The van der Waals surface area contributed by atoms with Gasteiger partial charge in [0.1, 0.15) is 30.0 Å². The smallest absolute Gasteiger partial charge is 0.368 e. The third kappa shape index (κ3) is 3.57. The van der Waals surface area contributed by atoms with Crippen molar-refractivity contribution in [3.8, 4) is 11.4 Å². The van der Waals surface area contributed by atoms with E-state index in [2.05, 4.69) is 10.4 Å². The molecule has 23 heavy (non-hydrogen) atoms. The number of ether oxygens (including phenoxy) is 1. The third-order valence-corrected chi connectivity index (χ3v) is 3.27. The van der Waals surface area contributed by atoms with E-state index in [1.54, 1.807) is 0 Å². The van der Waals surface area contributed by atoms with E-state index in [0.717, 1.165) is 15.4 Å². The fraction of sp³-hybridized carbons (Fsp3) is 0.533. The van der Waals surface area contributed by atoms with Gasteiger partial charge >= 0.3 is 5.69 Å². The molecular formula is C15H20F2N4O2. The lowest BCUT2D eigenvalue weighted by molar-refractivity contribution is 0.208. The fourth-order valence-corrected chi connectivity index (χ4v) is 2.07. The molecule has 1 heterocycles. The number of hydrogen-bond donors (Lipinski definition) is 0. The molecule has 126 valence electrons. The zero-order valence-electron chi connectivity index (χ0n) is 13.8. The predicted molar refractivity (Wildman–Crippen MR) is 81.3 cm³/mol. The number of nitrogens with zero attached hydrogens (tertiary/aromatic N) is 4. The van der Waals surface area contributed by atoms with Crippen LogP contribution in [0.1, 0.15) is 33.3 Å². The van der Waals surface area contributed by atoms with Crippen molar-refractivity contribution < 1.29 is 13.5 Å². The summed E-state index contributed by atoms with van der Waals surface area (Å²) in [6.45, 7) is 6.61. The van der Waals surface area contributed by atoms with E-state index >= 15 is 0 Å². The van der Waals surface area contributed by atoms with Gasteiger partial charge in [0, 0.05) is 13.1 Å². The van der Waals surface area contributed by atoms with Crippen LogP contribution in [0, 0.1) is 5.82 Å². The maximum absolute atomic E-state index is 14.4. The van der Waals surface area contributed by atoms with Gasteiger partial charge in [-0.05, 0) is 34.4 Å². The lowest BCUT2D eigenvalue weighted by Gasteiger charge is -2.22. The Kier molecular flexibility index (Phi) is 4.53. The number of rotatable bonds is 4. The molecule has 2 aromatic rings. The Morgan fingerprint density at radius 1 is 1.30 bits per heavy atom. The molecule has 1 atom stereocenters. The molecule has 0 aliphatic heterocycles. The Balaban J connectivity index is 2.64. The van der Waals surface area contributed by atoms with Crippen molar-refractivity contribution in [3.05, 3.63) is 34.0 Å². The largest absolute Gasteiger partial charge is 0.488 e. The molecule has 0 aliphatic rings. The topological polar surface area (TPSA) is 61.9 Å². The first-order valence-electron chi connectivity index (χ1n) is 7.21. The van der Waals surface area contributed by atoms with Crippen molar-refractivity contribution in [3.63, 3.8) is 0 Å². The molecule has 6 nitrogen and oxygen atoms in total. The van der Waals surface area contributed by atoms with Crippen LogP contribution in [-0.4, -0.2) is 32.6 Å². The van der Waals surface area contributed by atoms with Gasteiger partial charge in [-0.3, -0.25) is 0 Å². The molecule has 0 saturated carbocycles. The van der Waals surface area contributed by atoms with E-state index in [1.165, 1.54) is 20.0 Å². The summed E-state index contributed by atoms with van der Waals surface area (Å²) in [5.74, 6) is -0.442. The summed E-state index contributed by atoms with van der Waals surface area (Å²) in [5.41, 5.74) is -0.369. The zero-order valence-corrected chi connectivity index (χ0v) is 13.8. The van der Waals surface area contributed by atoms with Gasteiger partial charge in [0.2, 0.25) is 0 Å². The molecular weight excluding hydrogens is 306 g/mol. The van der Waals surface area contributed by atoms with Crippen LogP contribution in [0.3, 0.4) is 0 Å². The normalized spacial score (nSPS) is 13.2. The fourth-order valence-electron chi connectivity index (χ4n) is 2.07. The average molecular weight is 326 g/mol. The molecule has 0 N–H and O–H groups in total. The maximum Gasteiger partial charge on any atom is 0.368 e. The van der Waals surface area contributed by atoms with Crippen molar-refractivity contribution in [1.82, 2.24) is 19.8 Å². The molecule has 0 fully saturated rings. The molecule has 2 rings (SSSR count). The lowest BCUT2D eigenvalue weighted by Crippen LogP contribution is -2.24. The van der Waals surface area contributed by atoms with Crippen molar-refractivity contribution >= 4 is 0 Å². The summed E-state index contributed by atoms with van der Waals surface area (Å²) in [6, 6.07) is 2.64. The van der Waals surface area contributed by atoms with Gasteiger partial charge < -0.3 is 4.74 Å². The second-order valence-electron chi connectivity index (χ2n) is 6.44. The van der Waals surface area contributed by atoms with E-state index in [4.69, 9.17) is 4.74 Å². The highest BCUT2D eigenvalue weighted by Gasteiger charge is 2.24. The number of aryl methyl sites for hydroxylation is 1. The number of tetrazole rings is 1. The second kappa shape index (κ2) is 6.10. The summed E-state index contributed by atoms with van der Waals surface area (Å²) in [5, 5.41) is 7.38. The van der Waals surface area contributed by atoms with Crippen LogP contribution in [0.2, 0.25) is 0 Å². The quantitative estimate of drug-likeness (QED) is 0.863. The SMILES string of the molecule is C[C@H](F)COc1cc(F)c(C(C)(C)C)cc1-n1nnn(C)c1=O. The van der Waals surface area contributed by atoms with Crippen molar-refractivity contribution in [1.29, 1.82) is 0 Å². The molecule has 0 amide bonds. The van der Waals surface area contributed by atoms with E-state index < -0.39 is 23.1 Å². The minimum Gasteiger partial charge on any atom is -0.488 e. The number of aromatic nitrogens is 4. The van der Waals surface area contributed by atoms with Crippen molar-refractivity contribution in [2.24, 2.45) is 7.05 Å². The molecule has 0 radical (unpaired) electrons. The van der Waals surface area contributed by atoms with Crippen LogP contribution in [0.15, 0.2) is 16.9 Å². The highest BCUT2D eigenvalue weighted by Crippen LogP contribution is 2.32. The van der Waals surface area contributed by atoms with Crippen LogP contribution in [0.4, 0.5) is 8.78 Å². The summed E-state index contributed by atoms with van der Waals surface area (Å²) in [6.07, 6.45) is -1.23. The first kappa shape index (κ1) is 17.1. The minimum absolute atomic E-state index is 0.0441. The molecule has 1 aromatic carbocycles. The Morgan fingerprint density at radius 3 is 2.43 bits per heavy atom. The summed E-state index contributed by atoms with van der Waals surface area (Å²) in [4.78, 5) is 12.1. The summed E-state index contributed by atoms with van der Waals surface area (Å²) >= 11 is 0. The Hall–Kier alpha value is -2.25. The zero-order chi connectivity index (χ0) is 17.4. The van der Waals surface area contributed by atoms with Gasteiger partial charge in [0.05, 0.1) is 0 Å². The van der Waals surface area contributed by atoms with E-state index in [9.17, 15) is 13.6 Å². The van der Waals surface area contributed by atoms with Gasteiger partial charge in [-0.2, -0.15) is 9.36 Å². The van der Waals surface area contributed by atoms with Crippen LogP contribution in [-0.2, 0) is 12.5 Å². The van der Waals surface area contributed by atoms with E-state index in [-0.39, 0.29) is 18.0 Å². The third-order valence-electron chi connectivity index (χ3n) is 3.27. The first-order chi connectivity index (χ1) is 10.6. The second-order valence-corrected chi connectivity index (χ2v) is 6.44. The van der Waals surface area contributed by atoms with Crippen LogP contribution in [0.5, 0.6) is 5.75 Å². The predicted octanol–water partition coefficient (Wildman–Crippen LogP) is 2.14. The lowest BCUT2D eigenvalue weighted by atomic mass is 9.86. The standard InChI is InChI=1S/C15H20F2N4O2/c1-9(16)8-23-13-7-11(17)10(15(2,3)4)6-12(13)21-14(22)20(5)18-19-21/h6-7,9H,8H2,1-5H3/t9-/m0/s1. The van der Waals surface area contributed by atoms with Gasteiger partial charge in [-0.15, -0.1) is 0 Å². The molecule has 8 heteroatoms. The van der Waals surface area contributed by atoms with Gasteiger partial charge in [-0.1, -0.05) is 20.8 Å². The monoisotopic (exact) mass is 326 g/mol. The summed E-state index contributed by atoms with van der Waals surface area (Å²) in [7, 11) is 1.45. The molecule has 0 spiro atoms. The molecule has 0 unspecified atom stereocenters. The number of alkyl halides is 1. The molecule has 0 bridgehead atoms. The van der Waals surface area contributed by atoms with E-state index in [0.29, 0.717) is 5.56 Å². The Labute approximate surface area is 132 Å². The molecule has 1 aromatic heterocycles. The highest BCUT2D eigenvalue weighted by atomic mass is 19.1. The maximum atomic E-state index is 14.4. The van der Waals surface area contributed by atoms with Gasteiger partial charge in [-0.25, -0.2) is 13.6 Å². The number of benzene rings is 1. The number of hydrogen-bond acceptors (Lipinski definition) is 4. The van der Waals surface area contributed by atoms with Crippen LogP contribution >= 0.6 is 0 Å². The van der Waals surface area contributed by atoms with Gasteiger partial charge in [0.25, 0.3) is 0 Å². The molecule has 0 aliphatic carbocycles. The molecule has 0 saturated heterocycles. The Bertz CT molecular complexity index is 760. The minimum atomic E-state index is -1.23. The van der Waals surface area contributed by atoms with Crippen LogP contribution < -0.4 is 10.4 Å². The average Bonchev–Trinajstić information content (AvgIpc) is 2.75. The van der Waals surface area contributed by atoms with Gasteiger partial charge in [0.15, 0.2) is 0 Å².